The summed E-state index contributed by atoms with van der Waals surface area (Å²) >= 11 is 3.33. The molecular formula is C10H15N5S2. The van der Waals surface area contributed by atoms with Crippen LogP contribution in [-0.2, 0) is 12.3 Å². The second kappa shape index (κ2) is 5.61. The van der Waals surface area contributed by atoms with E-state index in [1.807, 2.05) is 11.7 Å². The van der Waals surface area contributed by atoms with E-state index in [2.05, 4.69) is 33.6 Å². The fourth-order valence-electron chi connectivity index (χ4n) is 1.51. The first-order valence-corrected chi connectivity index (χ1v) is 7.23. The maximum Gasteiger partial charge on any atom is 0.191 e. The van der Waals surface area contributed by atoms with Gasteiger partial charge < -0.3 is 10.3 Å². The Morgan fingerprint density at radius 2 is 2.29 bits per heavy atom. The third kappa shape index (κ3) is 2.85. The van der Waals surface area contributed by atoms with E-state index in [9.17, 15) is 0 Å². The van der Waals surface area contributed by atoms with Gasteiger partial charge in [0.15, 0.2) is 5.16 Å². The van der Waals surface area contributed by atoms with Crippen LogP contribution in [0.25, 0.3) is 0 Å². The lowest BCUT2D eigenvalue weighted by Crippen LogP contribution is -2.11. The third-order valence-corrected chi connectivity index (χ3v) is 4.22. The van der Waals surface area contributed by atoms with E-state index < -0.39 is 0 Å². The van der Waals surface area contributed by atoms with Crippen molar-refractivity contribution in [3.63, 3.8) is 0 Å². The normalized spacial score (nSPS) is 11.3. The second-order valence-electron chi connectivity index (χ2n) is 3.82. The van der Waals surface area contributed by atoms with Crippen molar-refractivity contribution >= 4 is 23.1 Å². The van der Waals surface area contributed by atoms with Crippen LogP contribution in [0.5, 0.6) is 0 Å². The van der Waals surface area contributed by atoms with Crippen LogP contribution < -0.4 is 5.73 Å². The van der Waals surface area contributed by atoms with Gasteiger partial charge in [-0.05, 0) is 13.8 Å². The highest BCUT2D eigenvalue weighted by Crippen LogP contribution is 2.25. The highest BCUT2D eigenvalue weighted by molar-refractivity contribution is 7.98. The predicted octanol–water partition coefficient (Wildman–Crippen LogP) is 2.07. The average molecular weight is 269 g/mol. The molecule has 0 spiro atoms. The third-order valence-electron chi connectivity index (χ3n) is 2.26. The first-order valence-electron chi connectivity index (χ1n) is 5.36. The number of rotatable bonds is 5. The molecular weight excluding hydrogens is 254 g/mol. The number of aromatic nitrogens is 4. The SMILES string of the molecule is CC(C)n1c(CN)nnc1SCc1cncs1. The number of nitrogens with two attached hydrogens (primary N) is 1. The van der Waals surface area contributed by atoms with Crippen LogP contribution in [0.4, 0.5) is 0 Å². The Kier molecular flexibility index (Phi) is 4.14. The van der Waals surface area contributed by atoms with Crippen LogP contribution in [0.2, 0.25) is 0 Å². The lowest BCUT2D eigenvalue weighted by molar-refractivity contribution is 0.526. The van der Waals surface area contributed by atoms with Gasteiger partial charge in [0, 0.05) is 22.9 Å². The Bertz CT molecular complexity index is 463. The molecule has 5 nitrogen and oxygen atoms in total. The van der Waals surface area contributed by atoms with Crippen LogP contribution in [0.1, 0.15) is 30.6 Å². The molecule has 0 atom stereocenters. The van der Waals surface area contributed by atoms with Gasteiger partial charge in [0.25, 0.3) is 0 Å². The lowest BCUT2D eigenvalue weighted by atomic mass is 10.4. The summed E-state index contributed by atoms with van der Waals surface area (Å²) in [4.78, 5) is 5.29. The highest BCUT2D eigenvalue weighted by Gasteiger charge is 2.14. The molecule has 0 radical (unpaired) electrons. The maximum absolute atomic E-state index is 5.65. The molecule has 0 amide bonds. The van der Waals surface area contributed by atoms with E-state index in [4.69, 9.17) is 5.73 Å². The van der Waals surface area contributed by atoms with Gasteiger partial charge in [0.2, 0.25) is 0 Å². The quantitative estimate of drug-likeness (QED) is 0.841. The summed E-state index contributed by atoms with van der Waals surface area (Å²) in [5.41, 5.74) is 7.49. The zero-order chi connectivity index (χ0) is 12.3. The molecule has 0 unspecified atom stereocenters. The summed E-state index contributed by atoms with van der Waals surface area (Å²) in [5.74, 6) is 1.71. The summed E-state index contributed by atoms with van der Waals surface area (Å²) in [6.07, 6.45) is 1.89. The molecule has 0 fully saturated rings. The number of thioether (sulfide) groups is 1. The largest absolute Gasteiger partial charge is 0.324 e. The van der Waals surface area contributed by atoms with Gasteiger partial charge in [-0.2, -0.15) is 0 Å². The van der Waals surface area contributed by atoms with Gasteiger partial charge in [0.1, 0.15) is 5.82 Å². The van der Waals surface area contributed by atoms with Crippen LogP contribution in [0.15, 0.2) is 16.9 Å². The minimum absolute atomic E-state index is 0.326. The van der Waals surface area contributed by atoms with E-state index in [0.717, 1.165) is 16.7 Å². The molecule has 0 saturated carbocycles. The molecule has 17 heavy (non-hydrogen) atoms. The first kappa shape index (κ1) is 12.5. The van der Waals surface area contributed by atoms with Crippen molar-refractivity contribution in [2.24, 2.45) is 5.73 Å². The Labute approximate surface area is 108 Å². The first-order chi connectivity index (χ1) is 8.22. The van der Waals surface area contributed by atoms with Crippen molar-refractivity contribution in [2.75, 3.05) is 0 Å². The number of hydrogen-bond acceptors (Lipinski definition) is 6. The summed E-state index contributed by atoms with van der Waals surface area (Å²) < 4.78 is 2.09. The van der Waals surface area contributed by atoms with E-state index in [1.54, 1.807) is 23.1 Å². The van der Waals surface area contributed by atoms with Gasteiger partial charge >= 0.3 is 0 Å². The molecule has 2 aromatic rings. The number of thiazole rings is 1. The fourth-order valence-corrected chi connectivity index (χ4v) is 3.24. The fraction of sp³-hybridized carbons (Fsp3) is 0.500. The van der Waals surface area contributed by atoms with Crippen LogP contribution >= 0.6 is 23.1 Å². The van der Waals surface area contributed by atoms with Crippen molar-refractivity contribution in [3.8, 4) is 0 Å². The molecule has 0 aromatic carbocycles. The number of hydrogen-bond donors (Lipinski definition) is 1. The average Bonchev–Trinajstić information content (AvgIpc) is 2.95. The molecule has 7 heteroatoms. The Balaban J connectivity index is 2.12. The van der Waals surface area contributed by atoms with E-state index in [-0.39, 0.29) is 0 Å². The highest BCUT2D eigenvalue weighted by atomic mass is 32.2. The second-order valence-corrected chi connectivity index (χ2v) is 5.74. The van der Waals surface area contributed by atoms with Crippen LogP contribution in [0, 0.1) is 0 Å². The zero-order valence-corrected chi connectivity index (χ0v) is 11.5. The minimum atomic E-state index is 0.326. The maximum atomic E-state index is 5.65. The predicted molar refractivity (Wildman–Crippen MR) is 70.0 cm³/mol. The molecule has 2 rings (SSSR count). The summed E-state index contributed by atoms with van der Waals surface area (Å²) in [6.45, 7) is 4.64. The van der Waals surface area contributed by atoms with Crippen molar-refractivity contribution in [3.05, 3.63) is 22.4 Å². The minimum Gasteiger partial charge on any atom is -0.324 e. The smallest absolute Gasteiger partial charge is 0.191 e. The molecule has 2 aromatic heterocycles. The van der Waals surface area contributed by atoms with Gasteiger partial charge in [-0.25, -0.2) is 0 Å². The number of nitrogens with zero attached hydrogens (tertiary/aromatic N) is 4. The summed E-state index contributed by atoms with van der Waals surface area (Å²) in [5, 5.41) is 9.22. The standard InChI is InChI=1S/C10H15N5S2/c1-7(2)15-9(3-11)13-14-10(15)16-5-8-4-12-6-17-8/h4,6-7H,3,5,11H2,1-2H3. The topological polar surface area (TPSA) is 69.6 Å². The Morgan fingerprint density at radius 3 is 2.88 bits per heavy atom. The van der Waals surface area contributed by atoms with Gasteiger partial charge in [-0.3, -0.25) is 4.98 Å². The molecule has 0 aliphatic heterocycles. The van der Waals surface area contributed by atoms with Crippen molar-refractivity contribution in [1.29, 1.82) is 0 Å². The van der Waals surface area contributed by atoms with E-state index in [1.165, 1.54) is 4.88 Å². The zero-order valence-electron chi connectivity index (χ0n) is 9.83. The van der Waals surface area contributed by atoms with Gasteiger partial charge in [-0.1, -0.05) is 11.8 Å². The molecule has 0 aliphatic carbocycles. The van der Waals surface area contributed by atoms with E-state index >= 15 is 0 Å². The van der Waals surface area contributed by atoms with Gasteiger partial charge in [0.05, 0.1) is 12.1 Å². The molecule has 0 aliphatic rings. The Hall–Kier alpha value is -0.920. The van der Waals surface area contributed by atoms with E-state index in [0.29, 0.717) is 12.6 Å². The molecule has 2 heterocycles. The summed E-state index contributed by atoms with van der Waals surface area (Å²) in [7, 11) is 0. The van der Waals surface area contributed by atoms with Crippen molar-refractivity contribution in [1.82, 2.24) is 19.7 Å². The monoisotopic (exact) mass is 269 g/mol. The molecule has 2 N–H and O–H groups in total. The molecule has 0 bridgehead atoms. The van der Waals surface area contributed by atoms with Crippen LogP contribution in [0.3, 0.4) is 0 Å². The molecule has 0 saturated heterocycles. The lowest BCUT2D eigenvalue weighted by Gasteiger charge is -2.12. The van der Waals surface area contributed by atoms with Crippen molar-refractivity contribution in [2.45, 2.75) is 37.3 Å². The van der Waals surface area contributed by atoms with Crippen LogP contribution in [-0.4, -0.2) is 19.7 Å². The van der Waals surface area contributed by atoms with Gasteiger partial charge in [-0.15, -0.1) is 21.5 Å². The summed E-state index contributed by atoms with van der Waals surface area (Å²) in [6, 6.07) is 0.326. The Morgan fingerprint density at radius 1 is 1.47 bits per heavy atom. The van der Waals surface area contributed by atoms with Crippen molar-refractivity contribution < 1.29 is 0 Å². The molecule has 92 valence electrons.